The number of rotatable bonds is 3. The molecule has 0 spiro atoms. The van der Waals surface area contributed by atoms with E-state index < -0.39 is 11.5 Å². The molecule has 18 heavy (non-hydrogen) atoms. The lowest BCUT2D eigenvalue weighted by molar-refractivity contribution is -0.144. The highest BCUT2D eigenvalue weighted by Crippen LogP contribution is 2.34. The van der Waals surface area contributed by atoms with E-state index in [-0.39, 0.29) is 0 Å². The van der Waals surface area contributed by atoms with Crippen LogP contribution in [0.3, 0.4) is 0 Å². The van der Waals surface area contributed by atoms with Crippen LogP contribution >= 0.6 is 0 Å². The summed E-state index contributed by atoms with van der Waals surface area (Å²) in [6, 6.07) is 1.72. The number of aromatic nitrogens is 2. The molecule has 98 valence electrons. The first-order valence-electron chi connectivity index (χ1n) is 6.33. The molecule has 0 aliphatic heterocycles. The van der Waals surface area contributed by atoms with E-state index in [1.54, 1.807) is 19.2 Å². The first kappa shape index (κ1) is 12.8. The molecule has 0 aromatic carbocycles. The Kier molecular flexibility index (Phi) is 3.50. The van der Waals surface area contributed by atoms with E-state index in [4.69, 9.17) is 0 Å². The van der Waals surface area contributed by atoms with E-state index in [1.165, 1.54) is 0 Å². The average Bonchev–Trinajstić information content (AvgIpc) is 2.28. The van der Waals surface area contributed by atoms with Crippen molar-refractivity contribution in [2.75, 3.05) is 5.32 Å². The molecule has 2 rings (SSSR count). The molecule has 1 saturated carbocycles. The lowest BCUT2D eigenvalue weighted by atomic mass is 9.76. The zero-order valence-corrected chi connectivity index (χ0v) is 10.8. The third-order valence-corrected chi connectivity index (χ3v) is 3.55. The molecule has 5 heteroatoms. The van der Waals surface area contributed by atoms with Gasteiger partial charge in [0.25, 0.3) is 0 Å². The zero-order valence-electron chi connectivity index (χ0n) is 10.8. The first-order chi connectivity index (χ1) is 8.52. The Morgan fingerprint density at radius 3 is 3.00 bits per heavy atom. The average molecular weight is 249 g/mol. The quantitative estimate of drug-likeness (QED) is 0.859. The standard InChI is InChI=1S/C13H19N3O2/c1-9-4-3-6-13(8-9,12(17)18)16-11-5-7-14-10(2)15-11/h5,7,9H,3-4,6,8H2,1-2H3,(H,17,18)(H,14,15,16). The Morgan fingerprint density at radius 2 is 2.39 bits per heavy atom. The minimum absolute atomic E-state index is 0.422. The van der Waals surface area contributed by atoms with Gasteiger partial charge in [-0.3, -0.25) is 0 Å². The molecular weight excluding hydrogens is 230 g/mol. The van der Waals surface area contributed by atoms with Crippen LogP contribution in [0, 0.1) is 12.8 Å². The van der Waals surface area contributed by atoms with Gasteiger partial charge in [-0.15, -0.1) is 0 Å². The van der Waals surface area contributed by atoms with Crippen molar-refractivity contribution >= 4 is 11.8 Å². The molecule has 1 aromatic heterocycles. The fourth-order valence-electron chi connectivity index (χ4n) is 2.68. The number of hydrogen-bond acceptors (Lipinski definition) is 4. The summed E-state index contributed by atoms with van der Waals surface area (Å²) in [5.74, 6) is 0.874. The van der Waals surface area contributed by atoms with Crippen LogP contribution in [-0.2, 0) is 4.79 Å². The summed E-state index contributed by atoms with van der Waals surface area (Å²) in [5.41, 5.74) is -0.877. The highest BCUT2D eigenvalue weighted by molar-refractivity contribution is 5.82. The topological polar surface area (TPSA) is 75.1 Å². The molecule has 0 amide bonds. The summed E-state index contributed by atoms with van der Waals surface area (Å²) in [5, 5.41) is 12.6. The predicted octanol–water partition coefficient (Wildman–Crippen LogP) is 2.23. The van der Waals surface area contributed by atoms with E-state index in [1.807, 2.05) is 0 Å². The Balaban J connectivity index is 2.23. The molecule has 2 N–H and O–H groups in total. The Morgan fingerprint density at radius 1 is 1.61 bits per heavy atom. The zero-order chi connectivity index (χ0) is 13.2. The van der Waals surface area contributed by atoms with Crippen LogP contribution < -0.4 is 5.32 Å². The summed E-state index contributed by atoms with van der Waals surface area (Å²) in [6.07, 6.45) is 4.97. The van der Waals surface area contributed by atoms with Gasteiger partial charge in [-0.25, -0.2) is 14.8 Å². The van der Waals surface area contributed by atoms with Gasteiger partial charge in [0.05, 0.1) is 0 Å². The van der Waals surface area contributed by atoms with Crippen molar-refractivity contribution in [1.29, 1.82) is 0 Å². The Bertz CT molecular complexity index is 450. The SMILES string of the molecule is Cc1nccc(NC2(C(=O)O)CCCC(C)C2)n1. The molecule has 2 atom stereocenters. The fraction of sp³-hybridized carbons (Fsp3) is 0.615. The second kappa shape index (κ2) is 4.92. The van der Waals surface area contributed by atoms with Crippen LogP contribution in [0.15, 0.2) is 12.3 Å². The third-order valence-electron chi connectivity index (χ3n) is 3.55. The lowest BCUT2D eigenvalue weighted by Crippen LogP contribution is -2.49. The number of carbonyl (C=O) groups is 1. The maximum Gasteiger partial charge on any atom is 0.329 e. The molecule has 1 aromatic rings. The van der Waals surface area contributed by atoms with Crippen LogP contribution in [0.1, 0.15) is 38.4 Å². The van der Waals surface area contributed by atoms with Crippen LogP contribution in [0.25, 0.3) is 0 Å². The van der Waals surface area contributed by atoms with Crippen molar-refractivity contribution in [3.8, 4) is 0 Å². The smallest absolute Gasteiger partial charge is 0.329 e. The number of aryl methyl sites for hydroxylation is 1. The van der Waals surface area contributed by atoms with E-state index in [0.29, 0.717) is 30.4 Å². The minimum atomic E-state index is -0.877. The number of anilines is 1. The molecule has 1 fully saturated rings. The van der Waals surface area contributed by atoms with Crippen molar-refractivity contribution in [3.05, 3.63) is 18.1 Å². The number of carboxylic acids is 1. The molecule has 1 aliphatic rings. The van der Waals surface area contributed by atoms with E-state index in [9.17, 15) is 9.90 Å². The third kappa shape index (κ3) is 2.60. The van der Waals surface area contributed by atoms with E-state index in [2.05, 4.69) is 22.2 Å². The molecular formula is C13H19N3O2. The van der Waals surface area contributed by atoms with Crippen molar-refractivity contribution < 1.29 is 9.90 Å². The van der Waals surface area contributed by atoms with Gasteiger partial charge < -0.3 is 10.4 Å². The largest absolute Gasteiger partial charge is 0.480 e. The van der Waals surface area contributed by atoms with Gasteiger partial charge in [0, 0.05) is 6.20 Å². The van der Waals surface area contributed by atoms with Gasteiger partial charge in [-0.05, 0) is 31.7 Å². The molecule has 2 unspecified atom stereocenters. The van der Waals surface area contributed by atoms with Gasteiger partial charge >= 0.3 is 5.97 Å². The van der Waals surface area contributed by atoms with E-state index >= 15 is 0 Å². The highest BCUT2D eigenvalue weighted by atomic mass is 16.4. The summed E-state index contributed by atoms with van der Waals surface area (Å²) in [7, 11) is 0. The van der Waals surface area contributed by atoms with E-state index in [0.717, 1.165) is 12.8 Å². The van der Waals surface area contributed by atoms with Crippen molar-refractivity contribution in [2.24, 2.45) is 5.92 Å². The van der Waals surface area contributed by atoms with Crippen molar-refractivity contribution in [3.63, 3.8) is 0 Å². The van der Waals surface area contributed by atoms with Crippen LogP contribution in [0.4, 0.5) is 5.82 Å². The highest BCUT2D eigenvalue weighted by Gasteiger charge is 2.42. The van der Waals surface area contributed by atoms with Crippen molar-refractivity contribution in [1.82, 2.24) is 9.97 Å². The van der Waals surface area contributed by atoms with Gasteiger partial charge in [-0.1, -0.05) is 19.8 Å². The van der Waals surface area contributed by atoms with Gasteiger partial charge in [0.2, 0.25) is 0 Å². The Labute approximate surface area is 107 Å². The molecule has 1 aliphatic carbocycles. The second-order valence-electron chi connectivity index (χ2n) is 5.20. The summed E-state index contributed by atoms with van der Waals surface area (Å²) < 4.78 is 0. The van der Waals surface area contributed by atoms with Crippen LogP contribution in [-0.4, -0.2) is 26.6 Å². The first-order valence-corrected chi connectivity index (χ1v) is 6.33. The number of nitrogens with zero attached hydrogens (tertiary/aromatic N) is 2. The molecule has 0 saturated heterocycles. The normalized spacial score (nSPS) is 27.8. The molecule has 5 nitrogen and oxygen atoms in total. The van der Waals surface area contributed by atoms with Gasteiger partial charge in [0.1, 0.15) is 17.2 Å². The maximum absolute atomic E-state index is 11.6. The Hall–Kier alpha value is -1.65. The number of aliphatic carboxylic acids is 1. The maximum atomic E-state index is 11.6. The fourth-order valence-corrected chi connectivity index (χ4v) is 2.68. The monoisotopic (exact) mass is 249 g/mol. The molecule has 0 bridgehead atoms. The van der Waals surface area contributed by atoms with Crippen LogP contribution in [0.2, 0.25) is 0 Å². The number of hydrogen-bond donors (Lipinski definition) is 2. The predicted molar refractivity (Wildman–Crippen MR) is 68.4 cm³/mol. The molecule has 1 heterocycles. The summed E-state index contributed by atoms with van der Waals surface area (Å²) >= 11 is 0. The lowest BCUT2D eigenvalue weighted by Gasteiger charge is -2.37. The summed E-state index contributed by atoms with van der Waals surface area (Å²) in [6.45, 7) is 3.89. The van der Waals surface area contributed by atoms with Crippen LogP contribution in [0.5, 0.6) is 0 Å². The van der Waals surface area contributed by atoms with Gasteiger partial charge in [-0.2, -0.15) is 0 Å². The summed E-state index contributed by atoms with van der Waals surface area (Å²) in [4.78, 5) is 19.9. The number of nitrogens with one attached hydrogen (secondary N) is 1. The molecule has 0 radical (unpaired) electrons. The minimum Gasteiger partial charge on any atom is -0.480 e. The van der Waals surface area contributed by atoms with Gasteiger partial charge in [0.15, 0.2) is 0 Å². The second-order valence-corrected chi connectivity index (χ2v) is 5.20. The van der Waals surface area contributed by atoms with Crippen molar-refractivity contribution in [2.45, 2.75) is 45.1 Å². The number of carboxylic acid groups (broad SMARTS) is 1.